The summed E-state index contributed by atoms with van der Waals surface area (Å²) in [6, 6.07) is 7.07. The van der Waals surface area contributed by atoms with Crippen molar-refractivity contribution < 1.29 is 68.4 Å². The summed E-state index contributed by atoms with van der Waals surface area (Å²) in [5.74, 6) is -9.46. The van der Waals surface area contributed by atoms with Gasteiger partial charge in [0.15, 0.2) is 0 Å². The standard InChI is InChI=1S/C40H44N6O14S4/c1-17(33(51)41-19(3)35(53)45-21(39(57)58)5-15-31(47)48)43-37(55)29-13-11-27(63-29)25-9-7-23(61-25)24-8-10-26(62-24)28-12-14-30(64-28)38(56)44-18(2)34(52)42-20(4)36(54)46-22(40(59)60)6-16-32(49)50/h7-14,17-22H,5-6,15-16H2,1-4H3,(H,41,51)(H,42,52)(H,43,55)(H,44,56)(H,45,53)(H,46,54)(H,47,48)(H,49,50)(H,57,58)(H,59,60)/t17-,18-,19-,20-,21-,22-/m0/s1. The number of nitrogens with one attached hydrogen (secondary N) is 6. The minimum absolute atomic E-state index is 0.323. The second kappa shape index (κ2) is 22.7. The number of thiophene rings is 4. The van der Waals surface area contributed by atoms with E-state index in [4.69, 9.17) is 10.2 Å². The molecule has 4 heterocycles. The Kier molecular flexibility index (Phi) is 17.8. The van der Waals surface area contributed by atoms with Crippen LogP contribution in [0.4, 0.5) is 0 Å². The second-order valence-electron chi connectivity index (χ2n) is 14.2. The zero-order valence-electron chi connectivity index (χ0n) is 34.4. The number of aliphatic carboxylic acids is 4. The first-order valence-electron chi connectivity index (χ1n) is 19.3. The van der Waals surface area contributed by atoms with Gasteiger partial charge in [-0.05, 0) is 89.1 Å². The Hall–Kier alpha value is -6.50. The summed E-state index contributed by atoms with van der Waals surface area (Å²) in [6.45, 7) is 5.47. The van der Waals surface area contributed by atoms with Gasteiger partial charge in [-0.15, -0.1) is 45.3 Å². The number of rotatable bonds is 23. The molecule has 0 aromatic carbocycles. The molecule has 0 fully saturated rings. The molecule has 4 rings (SSSR count). The average molecular weight is 961 g/mol. The minimum Gasteiger partial charge on any atom is -0.481 e. The molecule has 20 nitrogen and oxygen atoms in total. The summed E-state index contributed by atoms with van der Waals surface area (Å²) in [4.78, 5) is 127. The summed E-state index contributed by atoms with van der Waals surface area (Å²) < 4.78 is 0. The Bertz CT molecular complexity index is 2260. The maximum atomic E-state index is 13.0. The van der Waals surface area contributed by atoms with E-state index in [0.29, 0.717) is 9.75 Å². The fourth-order valence-corrected chi connectivity index (χ4v) is 9.61. The van der Waals surface area contributed by atoms with Crippen LogP contribution < -0.4 is 31.9 Å². The number of amides is 6. The van der Waals surface area contributed by atoms with Crippen molar-refractivity contribution in [2.45, 2.75) is 89.6 Å². The molecule has 0 unspecified atom stereocenters. The highest BCUT2D eigenvalue weighted by molar-refractivity contribution is 7.29. The van der Waals surface area contributed by atoms with E-state index in [1.165, 1.54) is 73.0 Å². The quantitative estimate of drug-likeness (QED) is 0.0511. The highest BCUT2D eigenvalue weighted by Crippen LogP contribution is 2.43. The molecule has 342 valence electrons. The van der Waals surface area contributed by atoms with E-state index in [9.17, 15) is 58.2 Å². The van der Waals surface area contributed by atoms with Gasteiger partial charge in [-0.25, -0.2) is 9.59 Å². The van der Waals surface area contributed by atoms with Gasteiger partial charge >= 0.3 is 23.9 Å². The van der Waals surface area contributed by atoms with Crippen LogP contribution in [0.25, 0.3) is 29.3 Å². The van der Waals surface area contributed by atoms with E-state index in [1.54, 1.807) is 24.3 Å². The lowest BCUT2D eigenvalue weighted by molar-refractivity contribution is -0.144. The molecule has 6 atom stereocenters. The normalized spacial score (nSPS) is 13.8. The molecule has 4 aromatic heterocycles. The maximum Gasteiger partial charge on any atom is 0.326 e. The van der Waals surface area contributed by atoms with Gasteiger partial charge < -0.3 is 52.3 Å². The number of carboxylic acids is 4. The van der Waals surface area contributed by atoms with Crippen molar-refractivity contribution in [3.63, 3.8) is 0 Å². The van der Waals surface area contributed by atoms with Crippen molar-refractivity contribution >= 4 is 105 Å². The van der Waals surface area contributed by atoms with Crippen molar-refractivity contribution in [3.8, 4) is 29.3 Å². The lowest BCUT2D eigenvalue weighted by atomic mass is 10.1. The Labute approximate surface area is 380 Å². The molecule has 0 saturated carbocycles. The Morgan fingerprint density at radius 3 is 0.969 bits per heavy atom. The molecule has 24 heteroatoms. The van der Waals surface area contributed by atoms with Crippen LogP contribution in [0.1, 0.15) is 72.7 Å². The summed E-state index contributed by atoms with van der Waals surface area (Å²) in [5, 5.41) is 50.6. The molecular formula is C40H44N6O14S4. The minimum atomic E-state index is -1.46. The second-order valence-corrected chi connectivity index (χ2v) is 18.5. The largest absolute Gasteiger partial charge is 0.481 e. The maximum absolute atomic E-state index is 13.0. The van der Waals surface area contributed by atoms with E-state index in [0.717, 1.165) is 29.3 Å². The number of carbonyl (C=O) groups excluding carboxylic acids is 6. The third-order valence-corrected chi connectivity index (χ3v) is 14.0. The first-order chi connectivity index (χ1) is 30.1. The molecular weight excluding hydrogens is 917 g/mol. The molecule has 4 aromatic rings. The Morgan fingerprint density at radius 1 is 0.406 bits per heavy atom. The monoisotopic (exact) mass is 960 g/mol. The van der Waals surface area contributed by atoms with Crippen molar-refractivity contribution in [2.24, 2.45) is 0 Å². The predicted molar refractivity (Wildman–Crippen MR) is 236 cm³/mol. The van der Waals surface area contributed by atoms with Gasteiger partial charge in [0.05, 0.1) is 9.75 Å². The van der Waals surface area contributed by atoms with E-state index >= 15 is 0 Å². The van der Waals surface area contributed by atoms with Gasteiger partial charge in [-0.3, -0.25) is 38.4 Å². The zero-order valence-corrected chi connectivity index (χ0v) is 37.7. The zero-order chi connectivity index (χ0) is 47.4. The van der Waals surface area contributed by atoms with E-state index in [-0.39, 0.29) is 12.8 Å². The number of carboxylic acid groups (broad SMARTS) is 4. The van der Waals surface area contributed by atoms with Gasteiger partial charge in [0.2, 0.25) is 23.6 Å². The third kappa shape index (κ3) is 14.3. The molecule has 0 saturated heterocycles. The van der Waals surface area contributed by atoms with Crippen LogP contribution in [0, 0.1) is 0 Å². The van der Waals surface area contributed by atoms with Gasteiger partial charge in [-0.2, -0.15) is 0 Å². The molecule has 0 spiro atoms. The molecule has 0 aliphatic carbocycles. The van der Waals surface area contributed by atoms with Crippen molar-refractivity contribution in [2.75, 3.05) is 0 Å². The fraction of sp³-hybridized carbons (Fsp3) is 0.350. The predicted octanol–water partition coefficient (Wildman–Crippen LogP) is 3.05. The highest BCUT2D eigenvalue weighted by Gasteiger charge is 2.28. The van der Waals surface area contributed by atoms with Crippen LogP contribution in [0.2, 0.25) is 0 Å². The third-order valence-electron chi connectivity index (χ3n) is 9.11. The van der Waals surface area contributed by atoms with Crippen LogP contribution in [0.3, 0.4) is 0 Å². The van der Waals surface area contributed by atoms with E-state index < -0.39 is 108 Å². The molecule has 0 radical (unpaired) electrons. The first kappa shape index (κ1) is 50.1. The SMILES string of the molecule is C[C@H](NC(=O)c1ccc(-c2ccc(-c3ccc(-c4ccc(C(=O)N[C@@H](C)C(=O)N[C@@H](C)C(=O)N[C@@H](CCC(=O)O)C(=O)O)s4)s3)s2)s1)C(=O)N[C@@H](C)C(=O)N[C@@H](CCC(=O)O)C(=O)O. The average Bonchev–Trinajstić information content (AvgIpc) is 4.07. The van der Waals surface area contributed by atoms with Crippen LogP contribution in [-0.2, 0) is 38.4 Å². The van der Waals surface area contributed by atoms with Crippen LogP contribution >= 0.6 is 45.3 Å². The highest BCUT2D eigenvalue weighted by atomic mass is 32.1. The van der Waals surface area contributed by atoms with E-state index in [1.807, 2.05) is 24.3 Å². The summed E-state index contributed by atoms with van der Waals surface area (Å²) in [7, 11) is 0. The molecule has 0 aliphatic rings. The van der Waals surface area contributed by atoms with Gasteiger partial charge in [-0.1, -0.05) is 0 Å². The topological polar surface area (TPSA) is 324 Å². The lowest BCUT2D eigenvalue weighted by Crippen LogP contribution is -2.54. The first-order valence-corrected chi connectivity index (χ1v) is 22.5. The van der Waals surface area contributed by atoms with Crippen LogP contribution in [0.15, 0.2) is 48.5 Å². The Balaban J connectivity index is 1.28. The number of hydrogen-bond acceptors (Lipinski definition) is 14. The van der Waals surface area contributed by atoms with Crippen molar-refractivity contribution in [1.29, 1.82) is 0 Å². The van der Waals surface area contributed by atoms with Gasteiger partial charge in [0.25, 0.3) is 11.8 Å². The van der Waals surface area contributed by atoms with Crippen molar-refractivity contribution in [1.82, 2.24) is 31.9 Å². The van der Waals surface area contributed by atoms with Crippen LogP contribution in [0.5, 0.6) is 0 Å². The van der Waals surface area contributed by atoms with Crippen LogP contribution in [-0.4, -0.2) is 116 Å². The lowest BCUT2D eigenvalue weighted by Gasteiger charge is -2.20. The summed E-state index contributed by atoms with van der Waals surface area (Å²) in [5.41, 5.74) is 0. The molecule has 64 heavy (non-hydrogen) atoms. The van der Waals surface area contributed by atoms with E-state index in [2.05, 4.69) is 31.9 Å². The molecule has 10 N–H and O–H groups in total. The summed E-state index contributed by atoms with van der Waals surface area (Å²) in [6.07, 6.45) is -1.66. The number of hydrogen-bond donors (Lipinski definition) is 10. The van der Waals surface area contributed by atoms with Gasteiger partial charge in [0, 0.05) is 42.1 Å². The molecule has 0 bridgehead atoms. The number of carbonyl (C=O) groups is 10. The fourth-order valence-electron chi connectivity index (χ4n) is 5.51. The molecule has 6 amide bonds. The molecule has 0 aliphatic heterocycles. The summed E-state index contributed by atoms with van der Waals surface area (Å²) >= 11 is 5.40. The van der Waals surface area contributed by atoms with Crippen molar-refractivity contribution in [3.05, 3.63) is 58.3 Å². The smallest absolute Gasteiger partial charge is 0.326 e. The Morgan fingerprint density at radius 2 is 0.672 bits per heavy atom. The van der Waals surface area contributed by atoms with Gasteiger partial charge in [0.1, 0.15) is 36.3 Å².